The Hall–Kier alpha value is -2.62. The number of nitrogens with one attached hydrogen (secondary N) is 1. The van der Waals surface area contributed by atoms with Gasteiger partial charge in [-0.15, -0.1) is 0 Å². The Labute approximate surface area is 186 Å². The second-order valence-corrected chi connectivity index (χ2v) is 10.4. The lowest BCUT2D eigenvalue weighted by Crippen LogP contribution is -2.53. The van der Waals surface area contributed by atoms with Gasteiger partial charge in [-0.2, -0.15) is 0 Å². The Bertz CT molecular complexity index is 989. The van der Waals surface area contributed by atoms with Gasteiger partial charge in [0.1, 0.15) is 6.04 Å². The Morgan fingerprint density at radius 3 is 2.61 bits per heavy atom. The van der Waals surface area contributed by atoms with Gasteiger partial charge in [-0.3, -0.25) is 9.59 Å². The molecule has 0 radical (unpaired) electrons. The van der Waals surface area contributed by atoms with Crippen LogP contribution in [0.3, 0.4) is 0 Å². The van der Waals surface area contributed by atoms with Crippen LogP contribution in [-0.4, -0.2) is 22.8 Å². The summed E-state index contributed by atoms with van der Waals surface area (Å²) in [5, 5.41) is 3.30. The van der Waals surface area contributed by atoms with Crippen LogP contribution < -0.4 is 5.32 Å². The highest BCUT2D eigenvalue weighted by Gasteiger charge is 2.37. The maximum Gasteiger partial charge on any atom is 0.243 e. The van der Waals surface area contributed by atoms with Crippen molar-refractivity contribution in [2.75, 3.05) is 0 Å². The van der Waals surface area contributed by atoms with Gasteiger partial charge in [0, 0.05) is 19.4 Å². The highest BCUT2D eigenvalue weighted by atomic mass is 16.2. The summed E-state index contributed by atoms with van der Waals surface area (Å²) < 4.78 is 0. The first-order valence-corrected chi connectivity index (χ1v) is 11.5. The summed E-state index contributed by atoms with van der Waals surface area (Å²) in [5.41, 5.74) is 5.95. The summed E-state index contributed by atoms with van der Waals surface area (Å²) in [4.78, 5) is 28.6. The molecule has 0 saturated heterocycles. The minimum Gasteiger partial charge on any atom is -0.347 e. The van der Waals surface area contributed by atoms with Gasteiger partial charge in [-0.25, -0.2) is 0 Å². The van der Waals surface area contributed by atoms with Crippen molar-refractivity contribution >= 4 is 11.8 Å². The van der Waals surface area contributed by atoms with Crippen LogP contribution in [0.25, 0.3) is 0 Å². The molecule has 2 amide bonds. The first kappa shape index (κ1) is 21.6. The van der Waals surface area contributed by atoms with Crippen LogP contribution >= 0.6 is 0 Å². The van der Waals surface area contributed by atoms with Crippen molar-refractivity contribution < 1.29 is 9.59 Å². The lowest BCUT2D eigenvalue weighted by atomic mass is 9.86. The predicted octanol–water partition coefficient (Wildman–Crippen LogP) is 4.88. The largest absolute Gasteiger partial charge is 0.347 e. The number of fused-ring (bicyclic) bond motifs is 2. The molecule has 0 spiro atoms. The minimum absolute atomic E-state index is 0.0245. The quantitative estimate of drug-likeness (QED) is 0.772. The second kappa shape index (κ2) is 8.49. The van der Waals surface area contributed by atoms with Crippen molar-refractivity contribution in [2.45, 2.75) is 78.4 Å². The van der Waals surface area contributed by atoms with Crippen molar-refractivity contribution in [1.82, 2.24) is 10.2 Å². The zero-order valence-electron chi connectivity index (χ0n) is 19.2. The van der Waals surface area contributed by atoms with E-state index in [0.29, 0.717) is 19.4 Å². The molecule has 0 fully saturated rings. The molecule has 1 aliphatic carbocycles. The average Bonchev–Trinajstić information content (AvgIpc) is 2.71. The van der Waals surface area contributed by atoms with E-state index in [2.05, 4.69) is 69.4 Å². The molecular formula is C27H34N2O2. The van der Waals surface area contributed by atoms with Crippen LogP contribution in [-0.2, 0) is 29.0 Å². The molecule has 1 heterocycles. The molecular weight excluding hydrogens is 384 g/mol. The van der Waals surface area contributed by atoms with Gasteiger partial charge < -0.3 is 10.2 Å². The van der Waals surface area contributed by atoms with Gasteiger partial charge in [-0.1, -0.05) is 68.8 Å². The molecule has 2 aromatic rings. The Balaban J connectivity index is 1.60. The van der Waals surface area contributed by atoms with Crippen LogP contribution in [0.15, 0.2) is 42.5 Å². The molecule has 2 aliphatic rings. The summed E-state index contributed by atoms with van der Waals surface area (Å²) in [5.74, 6) is 0.0269. The summed E-state index contributed by atoms with van der Waals surface area (Å²) in [7, 11) is 0. The zero-order chi connectivity index (χ0) is 22.2. The number of hydrogen-bond donors (Lipinski definition) is 1. The fraction of sp³-hybridized carbons (Fsp3) is 0.481. The molecule has 0 unspecified atom stereocenters. The number of benzene rings is 2. The number of aryl methyl sites for hydroxylation is 2. The highest BCUT2D eigenvalue weighted by Crippen LogP contribution is 2.32. The van der Waals surface area contributed by atoms with Gasteiger partial charge in [0.25, 0.3) is 0 Å². The van der Waals surface area contributed by atoms with Crippen LogP contribution in [0.2, 0.25) is 0 Å². The molecule has 2 aromatic carbocycles. The molecule has 31 heavy (non-hydrogen) atoms. The van der Waals surface area contributed by atoms with Gasteiger partial charge in [0.05, 0.1) is 6.04 Å². The van der Waals surface area contributed by atoms with E-state index in [4.69, 9.17) is 0 Å². The third-order valence-corrected chi connectivity index (χ3v) is 6.48. The molecule has 0 aromatic heterocycles. The highest BCUT2D eigenvalue weighted by molar-refractivity contribution is 5.89. The van der Waals surface area contributed by atoms with Crippen LogP contribution in [0.5, 0.6) is 0 Å². The Morgan fingerprint density at radius 2 is 1.84 bits per heavy atom. The SMILES string of the molecule is Cc1ccc2c(c1)CN(C(=O)CC(C)(C)C)[C@H](C(=O)N[C@@H]1CCCc3ccccc31)C2. The summed E-state index contributed by atoms with van der Waals surface area (Å²) in [6, 6.07) is 14.3. The van der Waals surface area contributed by atoms with E-state index < -0.39 is 6.04 Å². The first-order valence-electron chi connectivity index (χ1n) is 11.5. The topological polar surface area (TPSA) is 49.4 Å². The van der Waals surface area contributed by atoms with E-state index >= 15 is 0 Å². The van der Waals surface area contributed by atoms with E-state index in [1.54, 1.807) is 0 Å². The summed E-state index contributed by atoms with van der Waals surface area (Å²) >= 11 is 0. The van der Waals surface area contributed by atoms with Gasteiger partial charge in [0.2, 0.25) is 11.8 Å². The number of nitrogens with zero attached hydrogens (tertiary/aromatic N) is 1. The average molecular weight is 419 g/mol. The predicted molar refractivity (Wildman–Crippen MR) is 124 cm³/mol. The summed E-state index contributed by atoms with van der Waals surface area (Å²) in [6.45, 7) is 8.79. The van der Waals surface area contributed by atoms with Crippen molar-refractivity contribution in [1.29, 1.82) is 0 Å². The molecule has 0 saturated carbocycles. The number of hydrogen-bond acceptors (Lipinski definition) is 2. The van der Waals surface area contributed by atoms with Gasteiger partial charge in [-0.05, 0) is 53.9 Å². The molecule has 4 nitrogen and oxygen atoms in total. The third kappa shape index (κ3) is 4.84. The minimum atomic E-state index is -0.459. The van der Waals surface area contributed by atoms with Crippen molar-refractivity contribution in [3.05, 3.63) is 70.3 Å². The lowest BCUT2D eigenvalue weighted by Gasteiger charge is -2.38. The van der Waals surface area contributed by atoms with Crippen molar-refractivity contribution in [3.8, 4) is 0 Å². The fourth-order valence-corrected chi connectivity index (χ4v) is 4.94. The first-order chi connectivity index (χ1) is 14.7. The third-order valence-electron chi connectivity index (χ3n) is 6.48. The van der Waals surface area contributed by atoms with E-state index in [1.165, 1.54) is 22.3 Å². The van der Waals surface area contributed by atoms with Crippen molar-refractivity contribution in [2.24, 2.45) is 5.41 Å². The standard InChI is InChI=1S/C27H34N2O2/c1-18-12-13-20-15-24(29(17-21(20)14-18)25(30)16-27(2,3)4)26(31)28-23-11-7-9-19-8-5-6-10-22(19)23/h5-6,8,10,12-14,23-24H,7,9,11,15-17H2,1-4H3,(H,28,31)/t23-,24+/m1/s1. The molecule has 1 N–H and O–H groups in total. The molecule has 4 rings (SSSR count). The second-order valence-electron chi connectivity index (χ2n) is 10.4. The number of rotatable bonds is 3. The maximum atomic E-state index is 13.5. The maximum absolute atomic E-state index is 13.5. The molecule has 2 atom stereocenters. The lowest BCUT2D eigenvalue weighted by molar-refractivity contribution is -0.143. The number of amides is 2. The van der Waals surface area contributed by atoms with Crippen molar-refractivity contribution in [3.63, 3.8) is 0 Å². The van der Waals surface area contributed by atoms with Crippen LogP contribution in [0, 0.1) is 12.3 Å². The van der Waals surface area contributed by atoms with Gasteiger partial charge in [0.15, 0.2) is 0 Å². The molecule has 164 valence electrons. The smallest absolute Gasteiger partial charge is 0.243 e. The number of carbonyl (C=O) groups excluding carboxylic acids is 2. The van der Waals surface area contributed by atoms with Crippen LogP contribution in [0.1, 0.15) is 73.9 Å². The molecule has 0 bridgehead atoms. The normalized spacial score (nSPS) is 20.6. The zero-order valence-corrected chi connectivity index (χ0v) is 19.2. The Kier molecular flexibility index (Phi) is 5.92. The van der Waals surface area contributed by atoms with Crippen LogP contribution in [0.4, 0.5) is 0 Å². The molecule has 4 heteroatoms. The van der Waals surface area contributed by atoms with Gasteiger partial charge >= 0.3 is 0 Å². The Morgan fingerprint density at radius 1 is 1.06 bits per heavy atom. The van der Waals surface area contributed by atoms with E-state index in [1.807, 2.05) is 11.0 Å². The number of carbonyl (C=O) groups is 2. The summed E-state index contributed by atoms with van der Waals surface area (Å²) in [6.07, 6.45) is 4.09. The molecule has 1 aliphatic heterocycles. The monoisotopic (exact) mass is 418 g/mol. The van der Waals surface area contributed by atoms with E-state index in [-0.39, 0.29) is 23.3 Å². The van der Waals surface area contributed by atoms with E-state index in [0.717, 1.165) is 24.8 Å². The fourth-order valence-electron chi connectivity index (χ4n) is 4.94. The van der Waals surface area contributed by atoms with E-state index in [9.17, 15) is 9.59 Å².